The van der Waals surface area contributed by atoms with Gasteiger partial charge in [0, 0.05) is 18.9 Å². The highest BCUT2D eigenvalue weighted by atomic mass is 16.5. The van der Waals surface area contributed by atoms with Crippen LogP contribution in [0.5, 0.6) is 5.88 Å². The van der Waals surface area contributed by atoms with Crippen molar-refractivity contribution in [3.8, 4) is 17.1 Å². The zero-order chi connectivity index (χ0) is 20.1. The lowest BCUT2D eigenvalue weighted by molar-refractivity contribution is 0.400. The summed E-state index contributed by atoms with van der Waals surface area (Å²) in [6.07, 6.45) is 5.12. The van der Waals surface area contributed by atoms with Gasteiger partial charge in [-0.05, 0) is 43.0 Å². The van der Waals surface area contributed by atoms with Crippen molar-refractivity contribution >= 4 is 11.0 Å². The molecule has 4 aromatic rings. The predicted molar refractivity (Wildman–Crippen MR) is 112 cm³/mol. The molecule has 0 fully saturated rings. The van der Waals surface area contributed by atoms with Gasteiger partial charge in [0.05, 0.1) is 18.1 Å². The Kier molecular flexibility index (Phi) is 5.79. The van der Waals surface area contributed by atoms with Gasteiger partial charge in [0.25, 0.3) is 0 Å². The fourth-order valence-corrected chi connectivity index (χ4v) is 3.41. The summed E-state index contributed by atoms with van der Waals surface area (Å²) < 4.78 is 10.9. The smallest absolute Gasteiger partial charge is 0.240 e. The summed E-state index contributed by atoms with van der Waals surface area (Å²) in [5, 5.41) is 7.91. The fourth-order valence-electron chi connectivity index (χ4n) is 3.41. The molecule has 6 nitrogen and oxygen atoms in total. The molecular weight excluding hydrogens is 364 g/mol. The Morgan fingerprint density at radius 2 is 1.66 bits per heavy atom. The number of methoxy groups -OCH3 is 1. The van der Waals surface area contributed by atoms with Crippen LogP contribution in [0.25, 0.3) is 22.3 Å². The third-order valence-electron chi connectivity index (χ3n) is 4.86. The summed E-state index contributed by atoms with van der Waals surface area (Å²) in [7, 11) is 1.64. The molecule has 0 bridgehead atoms. The summed E-state index contributed by atoms with van der Waals surface area (Å²) in [5.41, 5.74) is 4.79. The predicted octanol–water partition coefficient (Wildman–Crippen LogP) is 4.95. The Labute approximate surface area is 170 Å². The van der Waals surface area contributed by atoms with Gasteiger partial charge in [0.15, 0.2) is 0 Å². The number of hydrogen-bond acceptors (Lipinski definition) is 6. The van der Waals surface area contributed by atoms with Crippen LogP contribution in [-0.4, -0.2) is 27.3 Å². The molecule has 0 aliphatic rings. The molecule has 0 aliphatic carbocycles. The van der Waals surface area contributed by atoms with Gasteiger partial charge in [-0.15, -0.1) is 10.2 Å². The molecule has 0 unspecified atom stereocenters. The van der Waals surface area contributed by atoms with E-state index in [9.17, 15) is 0 Å². The normalized spacial score (nSPS) is 11.1. The lowest BCUT2D eigenvalue weighted by atomic mass is 10.0. The number of nitrogens with zero attached hydrogens (tertiary/aromatic N) is 4. The van der Waals surface area contributed by atoms with Gasteiger partial charge in [-0.3, -0.25) is 0 Å². The van der Waals surface area contributed by atoms with Gasteiger partial charge >= 0.3 is 0 Å². The highest BCUT2D eigenvalue weighted by Crippen LogP contribution is 2.29. The minimum atomic E-state index is 0.552. The first-order chi connectivity index (χ1) is 14.2. The third-order valence-corrected chi connectivity index (χ3v) is 4.86. The average molecular weight is 388 g/mol. The monoisotopic (exact) mass is 388 g/mol. The number of ether oxygens (including phenoxy) is 1. The lowest BCUT2D eigenvalue weighted by Crippen LogP contribution is -1.97. The van der Waals surface area contributed by atoms with Crippen LogP contribution in [0.15, 0.2) is 52.9 Å². The second-order valence-electron chi connectivity index (χ2n) is 7.05. The van der Waals surface area contributed by atoms with Crippen molar-refractivity contribution in [2.24, 2.45) is 0 Å². The largest absolute Gasteiger partial charge is 0.479 e. The molecule has 6 heteroatoms. The molecule has 29 heavy (non-hydrogen) atoms. The lowest BCUT2D eigenvalue weighted by Gasteiger charge is -2.10. The maximum absolute atomic E-state index is 5.51. The molecule has 0 N–H and O–H groups in total. The van der Waals surface area contributed by atoms with Crippen molar-refractivity contribution < 1.29 is 9.15 Å². The Bertz CT molecular complexity index is 1110. The first kappa shape index (κ1) is 19.1. The van der Waals surface area contributed by atoms with Crippen LogP contribution in [0, 0.1) is 6.92 Å². The molecule has 0 radical (unpaired) electrons. The molecular formula is C23H24N4O2. The van der Waals surface area contributed by atoms with E-state index in [4.69, 9.17) is 14.1 Å². The minimum absolute atomic E-state index is 0.552. The van der Waals surface area contributed by atoms with Crippen LogP contribution < -0.4 is 4.74 Å². The van der Waals surface area contributed by atoms with Crippen molar-refractivity contribution in [3.05, 3.63) is 65.9 Å². The molecule has 0 saturated heterocycles. The average Bonchev–Trinajstić information content (AvgIpc) is 3.17. The zero-order valence-electron chi connectivity index (χ0n) is 16.8. The van der Waals surface area contributed by atoms with E-state index in [1.54, 1.807) is 7.11 Å². The quantitative estimate of drug-likeness (QED) is 0.398. The summed E-state index contributed by atoms with van der Waals surface area (Å²) in [6, 6.07) is 16.3. The summed E-state index contributed by atoms with van der Waals surface area (Å²) >= 11 is 0. The SMILES string of the molecule is COc1nc2ccccc2nc1-c1cccc(CCCCCc2nnc(C)o2)c1. The highest BCUT2D eigenvalue weighted by molar-refractivity contribution is 5.79. The van der Waals surface area contributed by atoms with Crippen LogP contribution in [0.4, 0.5) is 0 Å². The zero-order valence-corrected chi connectivity index (χ0v) is 16.8. The highest BCUT2D eigenvalue weighted by Gasteiger charge is 2.12. The van der Waals surface area contributed by atoms with E-state index in [1.165, 1.54) is 5.56 Å². The molecule has 2 heterocycles. The Morgan fingerprint density at radius 3 is 2.41 bits per heavy atom. The second-order valence-corrected chi connectivity index (χ2v) is 7.05. The third kappa shape index (κ3) is 4.59. The number of aryl methyl sites for hydroxylation is 3. The van der Waals surface area contributed by atoms with Crippen LogP contribution in [0.3, 0.4) is 0 Å². The van der Waals surface area contributed by atoms with E-state index in [-0.39, 0.29) is 0 Å². The molecule has 0 spiro atoms. The number of rotatable bonds is 8. The first-order valence-electron chi connectivity index (χ1n) is 9.92. The summed E-state index contributed by atoms with van der Waals surface area (Å²) in [5.74, 6) is 1.91. The Balaban J connectivity index is 1.42. The van der Waals surface area contributed by atoms with Crippen molar-refractivity contribution in [3.63, 3.8) is 0 Å². The van der Waals surface area contributed by atoms with Crippen LogP contribution >= 0.6 is 0 Å². The van der Waals surface area contributed by atoms with Gasteiger partial charge < -0.3 is 9.15 Å². The summed E-state index contributed by atoms with van der Waals surface area (Å²) in [6.45, 7) is 1.82. The molecule has 0 amide bonds. The van der Waals surface area contributed by atoms with E-state index in [0.29, 0.717) is 11.8 Å². The van der Waals surface area contributed by atoms with Crippen LogP contribution in [0.2, 0.25) is 0 Å². The number of benzene rings is 2. The van der Waals surface area contributed by atoms with Crippen LogP contribution in [0.1, 0.15) is 36.6 Å². The molecule has 0 atom stereocenters. The first-order valence-corrected chi connectivity index (χ1v) is 9.92. The summed E-state index contributed by atoms with van der Waals surface area (Å²) in [4.78, 5) is 9.40. The number of para-hydroxylation sites is 2. The fraction of sp³-hybridized carbons (Fsp3) is 0.304. The van der Waals surface area contributed by atoms with E-state index in [2.05, 4.69) is 39.4 Å². The molecule has 2 aromatic carbocycles. The number of aromatic nitrogens is 4. The maximum Gasteiger partial charge on any atom is 0.240 e. The standard InChI is InChI=1S/C23H24N4O2/c1-16-26-27-21(29-16)14-5-3-4-9-17-10-8-11-18(15-17)22-23(28-2)25-20-13-7-6-12-19(20)24-22/h6-8,10-13,15H,3-5,9,14H2,1-2H3. The Hall–Kier alpha value is -3.28. The van der Waals surface area contributed by atoms with Gasteiger partial charge in [0.1, 0.15) is 5.69 Å². The van der Waals surface area contributed by atoms with Crippen LogP contribution in [-0.2, 0) is 12.8 Å². The van der Waals surface area contributed by atoms with Crippen molar-refractivity contribution in [2.45, 2.75) is 39.0 Å². The number of unbranched alkanes of at least 4 members (excludes halogenated alkanes) is 2. The van der Waals surface area contributed by atoms with Gasteiger partial charge in [-0.1, -0.05) is 36.8 Å². The van der Waals surface area contributed by atoms with Crippen molar-refractivity contribution in [2.75, 3.05) is 7.11 Å². The molecule has 0 aliphatic heterocycles. The minimum Gasteiger partial charge on any atom is -0.479 e. The van der Waals surface area contributed by atoms with Crippen molar-refractivity contribution in [1.82, 2.24) is 20.2 Å². The molecule has 0 saturated carbocycles. The van der Waals surface area contributed by atoms with E-state index in [0.717, 1.165) is 60.3 Å². The molecule has 148 valence electrons. The van der Waals surface area contributed by atoms with Gasteiger partial charge in [-0.25, -0.2) is 9.97 Å². The Morgan fingerprint density at radius 1 is 0.862 bits per heavy atom. The van der Waals surface area contributed by atoms with Crippen molar-refractivity contribution in [1.29, 1.82) is 0 Å². The number of hydrogen-bond donors (Lipinski definition) is 0. The molecule has 4 rings (SSSR count). The molecule has 2 aromatic heterocycles. The topological polar surface area (TPSA) is 73.9 Å². The number of fused-ring (bicyclic) bond motifs is 1. The van der Waals surface area contributed by atoms with Gasteiger partial charge in [-0.2, -0.15) is 0 Å². The second kappa shape index (κ2) is 8.82. The van der Waals surface area contributed by atoms with E-state index < -0.39 is 0 Å². The maximum atomic E-state index is 5.51. The van der Waals surface area contributed by atoms with E-state index in [1.807, 2.05) is 31.2 Å². The van der Waals surface area contributed by atoms with Gasteiger partial charge in [0.2, 0.25) is 17.7 Å². The van der Waals surface area contributed by atoms with E-state index >= 15 is 0 Å².